The quantitative estimate of drug-likeness (QED) is 0.931. The minimum absolute atomic E-state index is 0.568. The zero-order valence-corrected chi connectivity index (χ0v) is 12.7. The second kappa shape index (κ2) is 6.59. The lowest BCUT2D eigenvalue weighted by Crippen LogP contribution is -2.02. The van der Waals surface area contributed by atoms with Gasteiger partial charge in [-0.15, -0.1) is 0 Å². The largest absolute Gasteiger partial charge is 0.490 e. The lowest BCUT2D eigenvalue weighted by atomic mass is 10.1. The summed E-state index contributed by atoms with van der Waals surface area (Å²) in [6.07, 6.45) is 0.885. The minimum atomic E-state index is 0.568. The van der Waals surface area contributed by atoms with Crippen LogP contribution in [0.1, 0.15) is 17.5 Å². The molecule has 0 aliphatic carbocycles. The molecule has 4 nitrogen and oxygen atoms in total. The Kier molecular flexibility index (Phi) is 4.36. The average Bonchev–Trinajstić information content (AvgIpc) is 2.77. The monoisotopic (exact) mass is 314 g/mol. The van der Waals surface area contributed by atoms with Crippen LogP contribution in [-0.2, 0) is 6.54 Å². The molecule has 3 rings (SSSR count). The molecule has 0 unspecified atom stereocenters. The summed E-state index contributed by atoms with van der Waals surface area (Å²) in [5.41, 5.74) is 2.34. The predicted octanol–water partition coefficient (Wildman–Crippen LogP) is 3.99. The van der Waals surface area contributed by atoms with E-state index in [-0.39, 0.29) is 0 Å². The van der Waals surface area contributed by atoms with Crippen LogP contribution in [0.3, 0.4) is 0 Å². The highest BCUT2D eigenvalue weighted by Crippen LogP contribution is 2.31. The highest BCUT2D eigenvalue weighted by Gasteiger charge is 2.11. The fraction of sp³-hybridized carbons (Fsp3) is 0.235. The van der Waals surface area contributed by atoms with Gasteiger partial charge in [-0.3, -0.25) is 0 Å². The predicted molar refractivity (Wildman–Crippen MR) is 85.5 cm³/mol. The normalized spacial score (nSPS) is 13.1. The van der Waals surface area contributed by atoms with Gasteiger partial charge in [0.1, 0.15) is 6.07 Å². The molecule has 2 aromatic carbocycles. The van der Waals surface area contributed by atoms with Crippen LogP contribution in [0, 0.1) is 11.3 Å². The maximum Gasteiger partial charge on any atom is 0.161 e. The summed E-state index contributed by atoms with van der Waals surface area (Å²) in [6.45, 7) is 1.92. The van der Waals surface area contributed by atoms with Gasteiger partial charge in [0, 0.05) is 18.0 Å². The minimum Gasteiger partial charge on any atom is -0.490 e. The van der Waals surface area contributed by atoms with Gasteiger partial charge >= 0.3 is 0 Å². The van der Waals surface area contributed by atoms with Gasteiger partial charge in [0.15, 0.2) is 11.5 Å². The summed E-state index contributed by atoms with van der Waals surface area (Å²) < 4.78 is 11.3. The maximum atomic E-state index is 9.13. The number of halogens is 1. The zero-order chi connectivity index (χ0) is 15.4. The van der Waals surface area contributed by atoms with Crippen LogP contribution in [0.15, 0.2) is 36.4 Å². The van der Waals surface area contributed by atoms with E-state index in [1.807, 2.05) is 18.2 Å². The van der Waals surface area contributed by atoms with E-state index < -0.39 is 0 Å². The van der Waals surface area contributed by atoms with E-state index in [1.54, 1.807) is 18.2 Å². The van der Waals surface area contributed by atoms with E-state index >= 15 is 0 Å². The van der Waals surface area contributed by atoms with Crippen molar-refractivity contribution in [3.05, 3.63) is 52.5 Å². The van der Waals surface area contributed by atoms with Crippen LogP contribution in [-0.4, -0.2) is 13.2 Å². The second-order valence-electron chi connectivity index (χ2n) is 4.99. The van der Waals surface area contributed by atoms with Crippen molar-refractivity contribution in [1.82, 2.24) is 0 Å². The number of hydrogen-bond donors (Lipinski definition) is 1. The second-order valence-corrected chi connectivity index (χ2v) is 5.42. The van der Waals surface area contributed by atoms with E-state index in [9.17, 15) is 0 Å². The van der Waals surface area contributed by atoms with Crippen LogP contribution in [0.25, 0.3) is 0 Å². The Morgan fingerprint density at radius 3 is 2.73 bits per heavy atom. The highest BCUT2D eigenvalue weighted by atomic mass is 35.5. The zero-order valence-electron chi connectivity index (χ0n) is 11.9. The molecule has 1 heterocycles. The molecule has 0 spiro atoms. The van der Waals surface area contributed by atoms with Gasteiger partial charge in [-0.05, 0) is 35.9 Å². The van der Waals surface area contributed by atoms with E-state index in [4.69, 9.17) is 26.3 Å². The molecule has 0 aromatic heterocycles. The Labute approximate surface area is 134 Å². The van der Waals surface area contributed by atoms with Crippen molar-refractivity contribution in [3.8, 4) is 17.6 Å². The van der Waals surface area contributed by atoms with Gasteiger partial charge in [0.25, 0.3) is 0 Å². The van der Waals surface area contributed by atoms with Crippen LogP contribution in [0.4, 0.5) is 5.69 Å². The third-order valence-electron chi connectivity index (χ3n) is 3.40. The van der Waals surface area contributed by atoms with Crippen molar-refractivity contribution in [2.75, 3.05) is 18.5 Å². The van der Waals surface area contributed by atoms with Gasteiger partial charge in [-0.2, -0.15) is 5.26 Å². The molecule has 0 atom stereocenters. The molecule has 2 aromatic rings. The molecular weight excluding hydrogens is 300 g/mol. The molecule has 0 fully saturated rings. The van der Waals surface area contributed by atoms with Crippen molar-refractivity contribution in [1.29, 1.82) is 5.26 Å². The Morgan fingerprint density at radius 1 is 1.09 bits per heavy atom. The summed E-state index contributed by atoms with van der Waals surface area (Å²) >= 11 is 5.98. The van der Waals surface area contributed by atoms with Crippen LogP contribution < -0.4 is 14.8 Å². The average molecular weight is 315 g/mol. The topological polar surface area (TPSA) is 54.3 Å². The van der Waals surface area contributed by atoms with Crippen LogP contribution >= 0.6 is 11.6 Å². The number of fused-ring (bicyclic) bond motifs is 1. The smallest absolute Gasteiger partial charge is 0.161 e. The van der Waals surface area contributed by atoms with Crippen LogP contribution in [0.5, 0.6) is 11.5 Å². The third-order valence-corrected chi connectivity index (χ3v) is 3.63. The SMILES string of the molecule is N#Cc1ccc(Cl)cc1NCc1ccc2c(c1)OCCCO2. The van der Waals surface area contributed by atoms with Crippen molar-refractivity contribution in [3.63, 3.8) is 0 Å². The molecule has 0 bridgehead atoms. The van der Waals surface area contributed by atoms with Crippen molar-refractivity contribution in [2.45, 2.75) is 13.0 Å². The highest BCUT2D eigenvalue weighted by molar-refractivity contribution is 6.30. The van der Waals surface area contributed by atoms with Gasteiger partial charge in [0.05, 0.1) is 24.5 Å². The maximum absolute atomic E-state index is 9.13. The Hall–Kier alpha value is -2.38. The number of nitriles is 1. The number of nitrogens with one attached hydrogen (secondary N) is 1. The molecule has 22 heavy (non-hydrogen) atoms. The Balaban J connectivity index is 1.76. The lowest BCUT2D eigenvalue weighted by molar-refractivity contribution is 0.297. The van der Waals surface area contributed by atoms with Gasteiger partial charge < -0.3 is 14.8 Å². The lowest BCUT2D eigenvalue weighted by Gasteiger charge is -2.12. The number of anilines is 1. The van der Waals surface area contributed by atoms with Crippen LogP contribution in [0.2, 0.25) is 5.02 Å². The Bertz CT molecular complexity index is 725. The number of benzene rings is 2. The summed E-state index contributed by atoms with van der Waals surface area (Å²) in [6, 6.07) is 13.2. The summed E-state index contributed by atoms with van der Waals surface area (Å²) in [4.78, 5) is 0. The van der Waals surface area contributed by atoms with E-state index in [1.165, 1.54) is 0 Å². The third kappa shape index (κ3) is 3.26. The molecule has 0 amide bonds. The summed E-state index contributed by atoms with van der Waals surface area (Å²) in [5.74, 6) is 1.55. The van der Waals surface area contributed by atoms with Crippen molar-refractivity contribution >= 4 is 17.3 Å². The molecule has 0 radical (unpaired) electrons. The number of nitrogens with zero attached hydrogens (tertiary/aromatic N) is 1. The molecule has 0 saturated heterocycles. The molecule has 1 N–H and O–H groups in total. The molecular formula is C17H15ClN2O2. The van der Waals surface area contributed by atoms with Crippen molar-refractivity contribution < 1.29 is 9.47 Å². The summed E-state index contributed by atoms with van der Waals surface area (Å²) in [5, 5.41) is 13.0. The van der Waals surface area contributed by atoms with Gasteiger partial charge in [-0.1, -0.05) is 17.7 Å². The van der Waals surface area contributed by atoms with Crippen molar-refractivity contribution in [2.24, 2.45) is 0 Å². The molecule has 5 heteroatoms. The first-order valence-electron chi connectivity index (χ1n) is 7.08. The number of ether oxygens (including phenoxy) is 2. The van der Waals surface area contributed by atoms with Gasteiger partial charge in [-0.25, -0.2) is 0 Å². The van der Waals surface area contributed by atoms with Gasteiger partial charge in [0.2, 0.25) is 0 Å². The molecule has 112 valence electrons. The van der Waals surface area contributed by atoms with E-state index in [2.05, 4.69) is 11.4 Å². The van der Waals surface area contributed by atoms with E-state index in [0.717, 1.165) is 29.2 Å². The summed E-state index contributed by atoms with van der Waals surface area (Å²) in [7, 11) is 0. The first-order valence-corrected chi connectivity index (χ1v) is 7.46. The first-order chi connectivity index (χ1) is 10.8. The molecule has 1 aliphatic heterocycles. The fourth-order valence-corrected chi connectivity index (χ4v) is 2.45. The number of hydrogen-bond acceptors (Lipinski definition) is 4. The number of rotatable bonds is 3. The molecule has 0 saturated carbocycles. The standard InChI is InChI=1S/C17H15ClN2O2/c18-14-4-3-13(10-19)15(9-14)20-11-12-2-5-16-17(8-12)22-7-1-6-21-16/h2-5,8-9,20H,1,6-7,11H2. The fourth-order valence-electron chi connectivity index (χ4n) is 2.28. The van der Waals surface area contributed by atoms with E-state index in [0.29, 0.717) is 30.3 Å². The first kappa shape index (κ1) is 14.6. The Morgan fingerprint density at radius 2 is 1.91 bits per heavy atom. The molecule has 1 aliphatic rings.